The molecule has 2 rings (SSSR count). The van der Waals surface area contributed by atoms with E-state index in [0.717, 1.165) is 13.1 Å². The summed E-state index contributed by atoms with van der Waals surface area (Å²) in [6, 6.07) is 1.94. The molecule has 1 fully saturated rings. The number of ether oxygens (including phenoxy) is 2. The third-order valence-corrected chi connectivity index (χ3v) is 2.58. The van der Waals surface area contributed by atoms with E-state index < -0.39 is 0 Å². The van der Waals surface area contributed by atoms with E-state index >= 15 is 0 Å². The first-order chi connectivity index (χ1) is 8.61. The van der Waals surface area contributed by atoms with Crippen molar-refractivity contribution in [2.75, 3.05) is 19.7 Å². The zero-order valence-corrected chi connectivity index (χ0v) is 10.5. The van der Waals surface area contributed by atoms with Gasteiger partial charge in [-0.2, -0.15) is 5.26 Å². The van der Waals surface area contributed by atoms with Crippen molar-refractivity contribution in [2.45, 2.75) is 25.6 Å². The Kier molecular flexibility index (Phi) is 3.75. The number of morpholine rings is 1. The maximum Gasteiger partial charge on any atom is 0.251 e. The van der Waals surface area contributed by atoms with Gasteiger partial charge in [0.05, 0.1) is 5.60 Å². The van der Waals surface area contributed by atoms with Crippen LogP contribution in [-0.2, 0) is 4.74 Å². The summed E-state index contributed by atoms with van der Waals surface area (Å²) < 4.78 is 11.4. The molecule has 2 heterocycles. The van der Waals surface area contributed by atoms with Crippen molar-refractivity contribution in [1.29, 1.82) is 5.26 Å². The first kappa shape index (κ1) is 12.7. The van der Waals surface area contributed by atoms with Gasteiger partial charge in [-0.3, -0.25) is 0 Å². The van der Waals surface area contributed by atoms with E-state index in [-0.39, 0.29) is 23.3 Å². The summed E-state index contributed by atoms with van der Waals surface area (Å²) in [4.78, 5) is 7.87. The molecule has 1 N–H and O–H groups in total. The minimum absolute atomic E-state index is 0.0534. The van der Waals surface area contributed by atoms with Crippen LogP contribution in [0.3, 0.4) is 0 Å². The monoisotopic (exact) mass is 248 g/mol. The molecular formula is C12H16N4O2. The Morgan fingerprint density at radius 1 is 1.56 bits per heavy atom. The maximum atomic E-state index is 8.86. The Labute approximate surface area is 106 Å². The lowest BCUT2D eigenvalue weighted by molar-refractivity contribution is -0.107. The van der Waals surface area contributed by atoms with Crippen LogP contribution in [0.2, 0.25) is 0 Å². The largest absolute Gasteiger partial charge is 0.473 e. The van der Waals surface area contributed by atoms with Crippen molar-refractivity contribution < 1.29 is 9.47 Å². The molecule has 1 aliphatic heterocycles. The number of hydrogen-bond acceptors (Lipinski definition) is 6. The van der Waals surface area contributed by atoms with Gasteiger partial charge in [-0.1, -0.05) is 0 Å². The van der Waals surface area contributed by atoms with Gasteiger partial charge in [-0.15, -0.1) is 0 Å². The van der Waals surface area contributed by atoms with E-state index in [0.29, 0.717) is 6.61 Å². The number of nitriles is 1. The minimum Gasteiger partial charge on any atom is -0.473 e. The number of hydrogen-bond donors (Lipinski definition) is 1. The third kappa shape index (κ3) is 3.15. The fourth-order valence-electron chi connectivity index (χ4n) is 1.84. The summed E-state index contributed by atoms with van der Waals surface area (Å²) in [7, 11) is 0. The van der Waals surface area contributed by atoms with Crippen molar-refractivity contribution in [3.63, 3.8) is 0 Å². The van der Waals surface area contributed by atoms with Gasteiger partial charge in [-0.25, -0.2) is 9.97 Å². The van der Waals surface area contributed by atoms with Crippen LogP contribution in [0.15, 0.2) is 12.4 Å². The van der Waals surface area contributed by atoms with E-state index in [1.807, 2.05) is 19.9 Å². The first-order valence-corrected chi connectivity index (χ1v) is 5.83. The molecule has 6 nitrogen and oxygen atoms in total. The molecule has 1 unspecified atom stereocenters. The van der Waals surface area contributed by atoms with Crippen molar-refractivity contribution in [1.82, 2.24) is 15.3 Å². The van der Waals surface area contributed by atoms with Gasteiger partial charge in [0.25, 0.3) is 5.88 Å². The lowest BCUT2D eigenvalue weighted by Gasteiger charge is -2.36. The summed E-state index contributed by atoms with van der Waals surface area (Å²) in [5.74, 6) is 0.256. The van der Waals surface area contributed by atoms with Crippen molar-refractivity contribution in [2.24, 2.45) is 0 Å². The molecular weight excluding hydrogens is 232 g/mol. The number of nitrogens with one attached hydrogen (secondary N) is 1. The first-order valence-electron chi connectivity index (χ1n) is 5.83. The van der Waals surface area contributed by atoms with Crippen LogP contribution in [0.4, 0.5) is 0 Å². The van der Waals surface area contributed by atoms with E-state index in [9.17, 15) is 0 Å². The summed E-state index contributed by atoms with van der Waals surface area (Å²) >= 11 is 0. The third-order valence-electron chi connectivity index (χ3n) is 2.58. The minimum atomic E-state index is -0.202. The van der Waals surface area contributed by atoms with Crippen LogP contribution in [0.1, 0.15) is 19.5 Å². The van der Waals surface area contributed by atoms with Gasteiger partial charge in [0.2, 0.25) is 5.69 Å². The van der Waals surface area contributed by atoms with Crippen molar-refractivity contribution in [3.8, 4) is 11.9 Å². The van der Waals surface area contributed by atoms with Crippen LogP contribution in [0, 0.1) is 11.3 Å². The lowest BCUT2D eigenvalue weighted by atomic mass is 10.1. The molecule has 96 valence electrons. The van der Waals surface area contributed by atoms with Gasteiger partial charge < -0.3 is 14.8 Å². The topological polar surface area (TPSA) is 80.1 Å². The van der Waals surface area contributed by atoms with Crippen LogP contribution < -0.4 is 10.1 Å². The molecule has 0 aromatic carbocycles. The average Bonchev–Trinajstić information content (AvgIpc) is 2.35. The fourth-order valence-corrected chi connectivity index (χ4v) is 1.84. The van der Waals surface area contributed by atoms with Gasteiger partial charge >= 0.3 is 0 Å². The highest BCUT2D eigenvalue weighted by molar-refractivity contribution is 5.29. The smallest absolute Gasteiger partial charge is 0.251 e. The highest BCUT2D eigenvalue weighted by Gasteiger charge is 2.28. The lowest BCUT2D eigenvalue weighted by Crippen LogP contribution is -2.52. The predicted octanol–water partition coefficient (Wildman–Crippen LogP) is 0.494. The molecule has 0 aliphatic carbocycles. The molecule has 6 heteroatoms. The van der Waals surface area contributed by atoms with Crippen LogP contribution in [-0.4, -0.2) is 41.4 Å². The van der Waals surface area contributed by atoms with Crippen LogP contribution in [0.25, 0.3) is 0 Å². The van der Waals surface area contributed by atoms with Crippen molar-refractivity contribution in [3.05, 3.63) is 18.1 Å². The quantitative estimate of drug-likeness (QED) is 0.838. The van der Waals surface area contributed by atoms with E-state index in [4.69, 9.17) is 14.7 Å². The molecule has 0 bridgehead atoms. The fraction of sp³-hybridized carbons (Fsp3) is 0.583. The molecule has 1 atom stereocenters. The molecule has 1 saturated heterocycles. The number of aromatic nitrogens is 2. The average molecular weight is 248 g/mol. The molecule has 0 saturated carbocycles. The Hall–Kier alpha value is -1.71. The molecule has 1 aromatic rings. The second-order valence-corrected chi connectivity index (χ2v) is 4.76. The second kappa shape index (κ2) is 5.29. The van der Waals surface area contributed by atoms with Gasteiger partial charge in [-0.05, 0) is 13.8 Å². The molecule has 0 spiro atoms. The summed E-state index contributed by atoms with van der Waals surface area (Å²) in [5.41, 5.74) is -0.00675. The second-order valence-electron chi connectivity index (χ2n) is 4.76. The number of nitrogens with zero attached hydrogens (tertiary/aromatic N) is 3. The van der Waals surface area contributed by atoms with E-state index in [1.165, 1.54) is 12.4 Å². The number of rotatable bonds is 3. The highest BCUT2D eigenvalue weighted by Crippen LogP contribution is 2.17. The van der Waals surface area contributed by atoms with E-state index in [1.54, 1.807) is 0 Å². The van der Waals surface area contributed by atoms with Crippen LogP contribution >= 0.6 is 0 Å². The molecule has 1 aliphatic rings. The Morgan fingerprint density at radius 2 is 2.33 bits per heavy atom. The summed E-state index contributed by atoms with van der Waals surface area (Å²) in [5, 5.41) is 12.1. The predicted molar refractivity (Wildman–Crippen MR) is 64.1 cm³/mol. The zero-order chi connectivity index (χ0) is 13.0. The van der Waals surface area contributed by atoms with Gasteiger partial charge in [0.15, 0.2) is 0 Å². The van der Waals surface area contributed by atoms with Gasteiger partial charge in [0.1, 0.15) is 18.8 Å². The Morgan fingerprint density at radius 3 is 3.06 bits per heavy atom. The molecule has 0 radical (unpaired) electrons. The zero-order valence-electron chi connectivity index (χ0n) is 10.5. The Balaban J connectivity index is 1.94. The van der Waals surface area contributed by atoms with Gasteiger partial charge in [0, 0.05) is 25.5 Å². The standard InChI is InChI=1S/C12H16N4O2/c1-12(2)8-14-6-9(18-12)7-17-11-10(5-13)15-3-4-16-11/h3-4,9,14H,6-8H2,1-2H3. The molecule has 1 aromatic heterocycles. The SMILES string of the molecule is CC1(C)CNCC(COc2nccnc2C#N)O1. The Bertz CT molecular complexity index is 456. The maximum absolute atomic E-state index is 8.86. The van der Waals surface area contributed by atoms with Crippen LogP contribution in [0.5, 0.6) is 5.88 Å². The van der Waals surface area contributed by atoms with E-state index in [2.05, 4.69) is 15.3 Å². The normalized spacial score (nSPS) is 22.2. The van der Waals surface area contributed by atoms with Crippen molar-refractivity contribution >= 4 is 0 Å². The summed E-state index contributed by atoms with van der Waals surface area (Å²) in [6.07, 6.45) is 2.91. The highest BCUT2D eigenvalue weighted by atomic mass is 16.6. The molecule has 18 heavy (non-hydrogen) atoms. The molecule has 0 amide bonds. The summed E-state index contributed by atoms with van der Waals surface area (Å²) in [6.45, 7) is 5.94.